The zero-order valence-corrected chi connectivity index (χ0v) is 11.2. The maximum Gasteiger partial charge on any atom is 0.265 e. The summed E-state index contributed by atoms with van der Waals surface area (Å²) in [7, 11) is 0. The molecule has 1 heterocycles. The monoisotopic (exact) mass is 271 g/mol. The quantitative estimate of drug-likeness (QED) is 0.306. The summed E-state index contributed by atoms with van der Waals surface area (Å²) in [6.45, 7) is 3.84. The molecule has 1 rings (SSSR count). The van der Waals surface area contributed by atoms with Crippen LogP contribution in [0.1, 0.15) is 42.1 Å². The average Bonchev–Trinajstić information content (AvgIpc) is 2.85. The number of rotatable bonds is 6. The van der Waals surface area contributed by atoms with Crippen molar-refractivity contribution in [3.63, 3.8) is 0 Å². The zero-order valence-electron chi connectivity index (χ0n) is 10.4. The summed E-state index contributed by atoms with van der Waals surface area (Å²) in [5, 5.41) is 18.1. The van der Waals surface area contributed by atoms with Gasteiger partial charge in [-0.3, -0.25) is 4.79 Å². The number of aryl methyl sites for hydroxylation is 1. The third-order valence-electron chi connectivity index (χ3n) is 2.51. The largest absolute Gasteiger partial charge is 0.409 e. The summed E-state index contributed by atoms with van der Waals surface area (Å²) < 4.78 is 3.77. The lowest BCUT2D eigenvalue weighted by molar-refractivity contribution is 0.0940. The van der Waals surface area contributed by atoms with Crippen LogP contribution < -0.4 is 11.1 Å². The Morgan fingerprint density at radius 1 is 1.61 bits per heavy atom. The minimum Gasteiger partial charge on any atom is -0.409 e. The van der Waals surface area contributed by atoms with Gasteiger partial charge in [0.25, 0.3) is 5.91 Å². The van der Waals surface area contributed by atoms with Crippen molar-refractivity contribution in [2.75, 3.05) is 0 Å². The summed E-state index contributed by atoms with van der Waals surface area (Å²) in [6, 6.07) is -0.166. The highest BCUT2D eigenvalue weighted by atomic mass is 32.1. The van der Waals surface area contributed by atoms with Gasteiger partial charge < -0.3 is 16.3 Å². The van der Waals surface area contributed by atoms with Crippen molar-refractivity contribution in [1.29, 1.82) is 0 Å². The maximum absolute atomic E-state index is 12.0. The molecule has 0 aliphatic carbocycles. The third kappa shape index (κ3) is 3.66. The number of oxime groups is 1. The summed E-state index contributed by atoms with van der Waals surface area (Å²) in [6.07, 6.45) is 1.67. The Bertz CT molecular complexity index is 432. The minimum atomic E-state index is -0.209. The fourth-order valence-electron chi connectivity index (χ4n) is 1.45. The van der Waals surface area contributed by atoms with Crippen LogP contribution in [-0.2, 0) is 6.42 Å². The lowest BCUT2D eigenvalue weighted by atomic mass is 10.1. The van der Waals surface area contributed by atoms with E-state index >= 15 is 0 Å². The minimum absolute atomic E-state index is 0.0975. The van der Waals surface area contributed by atoms with E-state index in [9.17, 15) is 4.79 Å². The Labute approximate surface area is 109 Å². The zero-order chi connectivity index (χ0) is 13.5. The van der Waals surface area contributed by atoms with Crippen LogP contribution in [0.15, 0.2) is 5.16 Å². The van der Waals surface area contributed by atoms with Crippen LogP contribution in [0.5, 0.6) is 0 Å². The van der Waals surface area contributed by atoms with Gasteiger partial charge >= 0.3 is 0 Å². The van der Waals surface area contributed by atoms with Crippen LogP contribution in [-0.4, -0.2) is 32.6 Å². The molecule has 0 saturated heterocycles. The van der Waals surface area contributed by atoms with Gasteiger partial charge in [0.1, 0.15) is 10.7 Å². The van der Waals surface area contributed by atoms with Gasteiger partial charge in [0.05, 0.1) is 5.69 Å². The summed E-state index contributed by atoms with van der Waals surface area (Å²) >= 11 is 1.08. The SMILES string of the molecule is CCc1nnsc1C(=O)NC(CC)CC(N)=NO. The molecule has 100 valence electrons. The predicted octanol–water partition coefficient (Wildman–Crippen LogP) is 0.745. The van der Waals surface area contributed by atoms with Gasteiger partial charge in [0.15, 0.2) is 0 Å². The Hall–Kier alpha value is -1.70. The molecule has 0 aliphatic rings. The first kappa shape index (κ1) is 14.4. The van der Waals surface area contributed by atoms with Crippen molar-refractivity contribution in [3.05, 3.63) is 10.6 Å². The van der Waals surface area contributed by atoms with Gasteiger partial charge in [-0.15, -0.1) is 5.10 Å². The standard InChI is InChI=1S/C10H17N5O2S/c1-3-6(5-8(11)14-17)12-10(16)9-7(4-2)13-15-18-9/h6,17H,3-5H2,1-2H3,(H2,11,14)(H,12,16). The molecular weight excluding hydrogens is 254 g/mol. The first-order valence-electron chi connectivity index (χ1n) is 5.70. The Balaban J connectivity index is 2.68. The van der Waals surface area contributed by atoms with Gasteiger partial charge in [-0.05, 0) is 24.4 Å². The molecule has 1 aromatic rings. The number of carbonyl (C=O) groups is 1. The number of amidine groups is 1. The number of nitrogens with two attached hydrogens (primary N) is 1. The van der Waals surface area contributed by atoms with E-state index in [1.54, 1.807) is 0 Å². The third-order valence-corrected chi connectivity index (χ3v) is 3.28. The molecule has 0 fully saturated rings. The van der Waals surface area contributed by atoms with E-state index in [0.717, 1.165) is 11.5 Å². The fourth-order valence-corrected chi connectivity index (χ4v) is 2.11. The van der Waals surface area contributed by atoms with Crippen molar-refractivity contribution in [2.45, 2.75) is 39.2 Å². The second-order valence-corrected chi connectivity index (χ2v) is 4.53. The second-order valence-electron chi connectivity index (χ2n) is 3.78. The number of hydrogen-bond donors (Lipinski definition) is 3. The molecule has 1 unspecified atom stereocenters. The van der Waals surface area contributed by atoms with Crippen LogP contribution in [0, 0.1) is 0 Å². The van der Waals surface area contributed by atoms with Crippen molar-refractivity contribution in [3.8, 4) is 0 Å². The van der Waals surface area contributed by atoms with E-state index < -0.39 is 0 Å². The van der Waals surface area contributed by atoms with E-state index in [1.807, 2.05) is 13.8 Å². The molecule has 1 aromatic heterocycles. The van der Waals surface area contributed by atoms with Crippen molar-refractivity contribution in [1.82, 2.24) is 14.9 Å². The fraction of sp³-hybridized carbons (Fsp3) is 0.600. The molecule has 7 nitrogen and oxygen atoms in total. The van der Waals surface area contributed by atoms with Crippen LogP contribution in [0.2, 0.25) is 0 Å². The summed E-state index contributed by atoms with van der Waals surface area (Å²) in [5.74, 6) is -0.111. The molecule has 0 radical (unpaired) electrons. The number of hydrogen-bond acceptors (Lipinski definition) is 6. The normalized spacial score (nSPS) is 13.3. The first-order chi connectivity index (χ1) is 8.62. The molecule has 8 heteroatoms. The van der Waals surface area contributed by atoms with Gasteiger partial charge in [0, 0.05) is 12.5 Å². The molecule has 0 saturated carbocycles. The van der Waals surface area contributed by atoms with Gasteiger partial charge in [-0.2, -0.15) is 0 Å². The Kier molecular flexibility index (Phi) is 5.50. The van der Waals surface area contributed by atoms with Crippen LogP contribution in [0.4, 0.5) is 0 Å². The molecule has 0 spiro atoms. The first-order valence-corrected chi connectivity index (χ1v) is 6.48. The van der Waals surface area contributed by atoms with Gasteiger partial charge in [-0.25, -0.2) is 0 Å². The number of nitrogens with zero attached hydrogens (tertiary/aromatic N) is 3. The number of nitrogens with one attached hydrogen (secondary N) is 1. The predicted molar refractivity (Wildman–Crippen MR) is 68.9 cm³/mol. The highest BCUT2D eigenvalue weighted by Gasteiger charge is 2.18. The van der Waals surface area contributed by atoms with Crippen molar-refractivity contribution in [2.24, 2.45) is 10.9 Å². The lowest BCUT2D eigenvalue weighted by Gasteiger charge is -2.15. The van der Waals surface area contributed by atoms with E-state index in [0.29, 0.717) is 29.8 Å². The van der Waals surface area contributed by atoms with E-state index in [4.69, 9.17) is 10.9 Å². The van der Waals surface area contributed by atoms with Crippen molar-refractivity contribution < 1.29 is 10.0 Å². The average molecular weight is 271 g/mol. The molecule has 0 aliphatic heterocycles. The molecule has 1 atom stereocenters. The Morgan fingerprint density at radius 2 is 2.33 bits per heavy atom. The van der Waals surface area contributed by atoms with Crippen molar-refractivity contribution >= 4 is 23.3 Å². The van der Waals surface area contributed by atoms with E-state index in [2.05, 4.69) is 20.1 Å². The number of aromatic nitrogens is 2. The second kappa shape index (κ2) is 6.90. The maximum atomic E-state index is 12.0. The Morgan fingerprint density at radius 3 is 2.89 bits per heavy atom. The topological polar surface area (TPSA) is 113 Å². The van der Waals surface area contributed by atoms with Crippen LogP contribution in [0.25, 0.3) is 0 Å². The number of carbonyl (C=O) groups excluding carboxylic acids is 1. The van der Waals surface area contributed by atoms with Crippen LogP contribution in [0.3, 0.4) is 0 Å². The molecular formula is C10H17N5O2S. The lowest BCUT2D eigenvalue weighted by Crippen LogP contribution is -2.37. The van der Waals surface area contributed by atoms with E-state index in [1.165, 1.54) is 0 Å². The van der Waals surface area contributed by atoms with Gasteiger partial charge in [-0.1, -0.05) is 23.5 Å². The van der Waals surface area contributed by atoms with E-state index in [-0.39, 0.29) is 17.8 Å². The highest BCUT2D eigenvalue weighted by molar-refractivity contribution is 7.08. The highest BCUT2D eigenvalue weighted by Crippen LogP contribution is 2.12. The molecule has 1 amide bonds. The molecule has 0 aromatic carbocycles. The van der Waals surface area contributed by atoms with Gasteiger partial charge in [0.2, 0.25) is 0 Å². The number of amides is 1. The summed E-state index contributed by atoms with van der Waals surface area (Å²) in [5.41, 5.74) is 6.12. The summed E-state index contributed by atoms with van der Waals surface area (Å²) in [4.78, 5) is 12.5. The molecule has 4 N–H and O–H groups in total. The molecule has 0 bridgehead atoms. The van der Waals surface area contributed by atoms with Crippen LogP contribution >= 0.6 is 11.5 Å². The smallest absolute Gasteiger partial charge is 0.265 e. The molecule has 18 heavy (non-hydrogen) atoms.